The van der Waals surface area contributed by atoms with Gasteiger partial charge in [0.1, 0.15) is 18.0 Å². The Balaban J connectivity index is 2.21. The topological polar surface area (TPSA) is 84.9 Å². The zero-order chi connectivity index (χ0) is 20.0. The van der Waals surface area contributed by atoms with E-state index in [1.165, 1.54) is 33.0 Å². The van der Waals surface area contributed by atoms with Crippen LogP contribution in [0.3, 0.4) is 0 Å². The summed E-state index contributed by atoms with van der Waals surface area (Å²) in [4.78, 5) is 37.3. The first-order valence-corrected chi connectivity index (χ1v) is 8.26. The quantitative estimate of drug-likeness (QED) is 0.758. The van der Waals surface area contributed by atoms with Crippen molar-refractivity contribution in [2.45, 2.75) is 13.8 Å². The average Bonchev–Trinajstić information content (AvgIpc) is 2.65. The summed E-state index contributed by atoms with van der Waals surface area (Å²) in [5.41, 5.74) is 1.43. The number of anilines is 2. The van der Waals surface area contributed by atoms with Crippen LogP contribution in [-0.4, -0.2) is 38.4 Å². The first-order valence-electron chi connectivity index (χ1n) is 8.26. The lowest BCUT2D eigenvalue weighted by atomic mass is 10.1. The van der Waals surface area contributed by atoms with E-state index < -0.39 is 5.91 Å². The molecule has 0 aliphatic rings. The van der Waals surface area contributed by atoms with Crippen molar-refractivity contribution in [2.75, 3.05) is 31.0 Å². The van der Waals surface area contributed by atoms with Gasteiger partial charge in [0.25, 0.3) is 0 Å². The van der Waals surface area contributed by atoms with Crippen LogP contribution < -0.4 is 19.7 Å². The van der Waals surface area contributed by atoms with Gasteiger partial charge in [0.05, 0.1) is 19.9 Å². The van der Waals surface area contributed by atoms with Gasteiger partial charge in [-0.05, 0) is 31.2 Å². The van der Waals surface area contributed by atoms with Crippen molar-refractivity contribution in [1.82, 2.24) is 0 Å². The number of hydrogen-bond acceptors (Lipinski definition) is 5. The highest BCUT2D eigenvalue weighted by Crippen LogP contribution is 2.32. The molecule has 0 aliphatic heterocycles. The first-order chi connectivity index (χ1) is 12.8. The first kappa shape index (κ1) is 20.0. The third-order valence-electron chi connectivity index (χ3n) is 3.91. The number of Topliss-reactive ketones (excluding diaryl/α,β-unsaturated/α-hetero) is 1. The molecule has 7 nitrogen and oxygen atoms in total. The number of methoxy groups -OCH3 is 2. The minimum absolute atomic E-state index is 0.0977. The molecular weight excluding hydrogens is 348 g/mol. The SMILES string of the molecule is COc1ccc(N(CC(=O)Nc2cccc(C(C)=O)c2)C(C)=O)c(OC)c1. The Bertz CT molecular complexity index is 863. The number of hydrogen-bond donors (Lipinski definition) is 1. The molecule has 0 atom stereocenters. The lowest BCUT2D eigenvalue weighted by Gasteiger charge is -2.23. The van der Waals surface area contributed by atoms with E-state index in [2.05, 4.69) is 5.32 Å². The molecule has 142 valence electrons. The zero-order valence-electron chi connectivity index (χ0n) is 15.7. The van der Waals surface area contributed by atoms with E-state index >= 15 is 0 Å². The number of carbonyl (C=O) groups excluding carboxylic acids is 3. The van der Waals surface area contributed by atoms with Gasteiger partial charge in [-0.25, -0.2) is 0 Å². The van der Waals surface area contributed by atoms with Gasteiger partial charge >= 0.3 is 0 Å². The molecule has 0 bridgehead atoms. The molecule has 0 fully saturated rings. The molecule has 0 radical (unpaired) electrons. The molecule has 0 saturated heterocycles. The maximum atomic E-state index is 12.4. The summed E-state index contributed by atoms with van der Waals surface area (Å²) in [6, 6.07) is 11.6. The van der Waals surface area contributed by atoms with Crippen LogP contribution in [-0.2, 0) is 9.59 Å². The van der Waals surface area contributed by atoms with Crippen molar-refractivity contribution >= 4 is 29.0 Å². The van der Waals surface area contributed by atoms with Crippen molar-refractivity contribution in [3.63, 3.8) is 0 Å². The summed E-state index contributed by atoms with van der Waals surface area (Å²) in [7, 11) is 3.00. The third kappa shape index (κ3) is 5.07. The van der Waals surface area contributed by atoms with Crippen molar-refractivity contribution in [3.05, 3.63) is 48.0 Å². The fourth-order valence-corrected chi connectivity index (χ4v) is 2.53. The fraction of sp³-hybridized carbons (Fsp3) is 0.250. The number of rotatable bonds is 7. The minimum atomic E-state index is -0.399. The second kappa shape index (κ2) is 8.84. The van der Waals surface area contributed by atoms with Crippen LogP contribution >= 0.6 is 0 Å². The molecule has 27 heavy (non-hydrogen) atoms. The van der Waals surface area contributed by atoms with Gasteiger partial charge in [0.2, 0.25) is 11.8 Å². The molecule has 2 amide bonds. The Labute approximate surface area is 157 Å². The Morgan fingerprint density at radius 2 is 1.74 bits per heavy atom. The smallest absolute Gasteiger partial charge is 0.244 e. The van der Waals surface area contributed by atoms with E-state index in [4.69, 9.17) is 9.47 Å². The van der Waals surface area contributed by atoms with Gasteiger partial charge in [-0.3, -0.25) is 19.3 Å². The van der Waals surface area contributed by atoms with Crippen LogP contribution in [0.5, 0.6) is 11.5 Å². The van der Waals surface area contributed by atoms with Crippen LogP contribution in [0, 0.1) is 0 Å². The van der Waals surface area contributed by atoms with Crippen molar-refractivity contribution in [3.8, 4) is 11.5 Å². The maximum absolute atomic E-state index is 12.4. The number of ether oxygens (including phenoxy) is 2. The van der Waals surface area contributed by atoms with Crippen LogP contribution in [0.15, 0.2) is 42.5 Å². The normalized spacial score (nSPS) is 10.1. The van der Waals surface area contributed by atoms with E-state index in [1.807, 2.05) is 0 Å². The molecule has 7 heteroatoms. The van der Waals surface area contributed by atoms with E-state index in [1.54, 1.807) is 42.5 Å². The number of amides is 2. The second-order valence-corrected chi connectivity index (χ2v) is 5.83. The van der Waals surface area contributed by atoms with Crippen LogP contribution in [0.4, 0.5) is 11.4 Å². The predicted molar refractivity (Wildman–Crippen MR) is 103 cm³/mol. The molecule has 0 aromatic heterocycles. The van der Waals surface area contributed by atoms with Gasteiger partial charge in [-0.15, -0.1) is 0 Å². The lowest BCUT2D eigenvalue weighted by Crippen LogP contribution is -2.36. The predicted octanol–water partition coefficient (Wildman–Crippen LogP) is 2.90. The third-order valence-corrected chi connectivity index (χ3v) is 3.91. The summed E-state index contributed by atoms with van der Waals surface area (Å²) in [6.07, 6.45) is 0. The molecule has 0 saturated carbocycles. The van der Waals surface area contributed by atoms with Gasteiger partial charge in [-0.2, -0.15) is 0 Å². The second-order valence-electron chi connectivity index (χ2n) is 5.83. The molecule has 2 aromatic rings. The number of carbonyl (C=O) groups is 3. The molecule has 2 rings (SSSR count). The molecular formula is C20H22N2O5. The lowest BCUT2D eigenvalue weighted by molar-refractivity contribution is -0.120. The Morgan fingerprint density at radius 1 is 1.00 bits per heavy atom. The molecule has 1 N–H and O–H groups in total. The van der Waals surface area contributed by atoms with Crippen molar-refractivity contribution in [1.29, 1.82) is 0 Å². The van der Waals surface area contributed by atoms with E-state index in [-0.39, 0.29) is 18.2 Å². The molecule has 0 spiro atoms. The minimum Gasteiger partial charge on any atom is -0.497 e. The standard InChI is InChI=1S/C20H22N2O5/c1-13(23)15-6-5-7-16(10-15)21-20(25)12-22(14(2)24)18-9-8-17(26-3)11-19(18)27-4/h5-11H,12H2,1-4H3,(H,21,25). The maximum Gasteiger partial charge on any atom is 0.244 e. The highest BCUT2D eigenvalue weighted by atomic mass is 16.5. The molecule has 0 unspecified atom stereocenters. The Hall–Kier alpha value is -3.35. The molecule has 0 heterocycles. The number of ketones is 1. The van der Waals surface area contributed by atoms with E-state index in [9.17, 15) is 14.4 Å². The largest absolute Gasteiger partial charge is 0.497 e. The summed E-state index contributed by atoms with van der Waals surface area (Å²) >= 11 is 0. The molecule has 0 aliphatic carbocycles. The van der Waals surface area contributed by atoms with Gasteiger partial charge in [0, 0.05) is 24.2 Å². The van der Waals surface area contributed by atoms with Crippen LogP contribution in [0.2, 0.25) is 0 Å². The zero-order valence-corrected chi connectivity index (χ0v) is 15.7. The summed E-state index contributed by atoms with van der Waals surface area (Å²) < 4.78 is 10.5. The van der Waals surface area contributed by atoms with E-state index in [0.717, 1.165) is 0 Å². The summed E-state index contributed by atoms with van der Waals surface area (Å²) in [6.45, 7) is 2.62. The van der Waals surface area contributed by atoms with Crippen LogP contribution in [0.1, 0.15) is 24.2 Å². The average molecular weight is 370 g/mol. The summed E-state index contributed by atoms with van der Waals surface area (Å²) in [5, 5.41) is 2.70. The highest BCUT2D eigenvalue weighted by molar-refractivity contribution is 6.03. The van der Waals surface area contributed by atoms with Gasteiger partial charge in [0.15, 0.2) is 5.78 Å². The van der Waals surface area contributed by atoms with Crippen molar-refractivity contribution in [2.24, 2.45) is 0 Å². The molecule has 2 aromatic carbocycles. The Kier molecular flexibility index (Phi) is 6.54. The van der Waals surface area contributed by atoms with Gasteiger partial charge < -0.3 is 14.8 Å². The number of nitrogens with zero attached hydrogens (tertiary/aromatic N) is 1. The summed E-state index contributed by atoms with van der Waals surface area (Å²) in [5.74, 6) is 0.176. The Morgan fingerprint density at radius 3 is 2.33 bits per heavy atom. The van der Waals surface area contributed by atoms with Crippen molar-refractivity contribution < 1.29 is 23.9 Å². The number of benzene rings is 2. The highest BCUT2D eigenvalue weighted by Gasteiger charge is 2.20. The fourth-order valence-electron chi connectivity index (χ4n) is 2.53. The van der Waals surface area contributed by atoms with Crippen LogP contribution in [0.25, 0.3) is 0 Å². The van der Waals surface area contributed by atoms with E-state index in [0.29, 0.717) is 28.4 Å². The monoisotopic (exact) mass is 370 g/mol. The number of nitrogens with one attached hydrogen (secondary N) is 1. The van der Waals surface area contributed by atoms with Gasteiger partial charge in [-0.1, -0.05) is 12.1 Å².